The van der Waals surface area contributed by atoms with E-state index in [4.69, 9.17) is 4.74 Å². The molecule has 134 valence electrons. The molecule has 1 atom stereocenters. The molecule has 1 saturated heterocycles. The molecule has 1 aromatic rings. The summed E-state index contributed by atoms with van der Waals surface area (Å²) in [7, 11) is 1.14. The van der Waals surface area contributed by atoms with E-state index in [9.17, 15) is 13.2 Å². The van der Waals surface area contributed by atoms with E-state index in [0.29, 0.717) is 25.9 Å². The number of rotatable bonds is 6. The maximum absolute atomic E-state index is 12.4. The highest BCUT2D eigenvalue weighted by Crippen LogP contribution is 2.20. The fraction of sp³-hybridized carbons (Fsp3) is 0.562. The van der Waals surface area contributed by atoms with Crippen LogP contribution < -0.4 is 10.1 Å². The molecule has 1 aliphatic heterocycles. The van der Waals surface area contributed by atoms with E-state index in [1.54, 1.807) is 7.11 Å². The maximum atomic E-state index is 12.4. The fourth-order valence-electron chi connectivity index (χ4n) is 2.67. The molecular weight excluding hydrogens is 330 g/mol. The van der Waals surface area contributed by atoms with Crippen molar-refractivity contribution >= 4 is 16.1 Å². The second kappa shape index (κ2) is 7.96. The quantitative estimate of drug-likeness (QED) is 0.820. The smallest absolute Gasteiger partial charge is 0.281 e. The van der Waals surface area contributed by atoms with E-state index in [1.165, 1.54) is 22.7 Å². The molecule has 1 heterocycles. The van der Waals surface area contributed by atoms with Gasteiger partial charge in [0.2, 0.25) is 5.91 Å². The molecule has 1 aliphatic rings. The highest BCUT2D eigenvalue weighted by atomic mass is 32.2. The van der Waals surface area contributed by atoms with Gasteiger partial charge in [-0.05, 0) is 30.5 Å². The lowest BCUT2D eigenvalue weighted by molar-refractivity contribution is -0.126. The van der Waals surface area contributed by atoms with Gasteiger partial charge < -0.3 is 10.1 Å². The van der Waals surface area contributed by atoms with Gasteiger partial charge in [0, 0.05) is 33.7 Å². The van der Waals surface area contributed by atoms with Gasteiger partial charge in [0.15, 0.2) is 0 Å². The number of hydrogen-bond donors (Lipinski definition) is 1. The van der Waals surface area contributed by atoms with Gasteiger partial charge >= 0.3 is 0 Å². The van der Waals surface area contributed by atoms with Crippen LogP contribution in [0.5, 0.6) is 5.75 Å². The van der Waals surface area contributed by atoms with Crippen molar-refractivity contribution in [2.75, 3.05) is 34.3 Å². The lowest BCUT2D eigenvalue weighted by atomic mass is 9.99. The molecule has 0 radical (unpaired) electrons. The average Bonchev–Trinajstić information content (AvgIpc) is 2.60. The first-order valence-corrected chi connectivity index (χ1v) is 9.32. The van der Waals surface area contributed by atoms with Crippen molar-refractivity contribution in [3.63, 3.8) is 0 Å². The molecule has 0 spiro atoms. The monoisotopic (exact) mass is 355 g/mol. The van der Waals surface area contributed by atoms with Crippen LogP contribution in [-0.4, -0.2) is 57.2 Å². The van der Waals surface area contributed by atoms with E-state index in [0.717, 1.165) is 11.3 Å². The van der Waals surface area contributed by atoms with Crippen molar-refractivity contribution in [1.82, 2.24) is 13.9 Å². The van der Waals surface area contributed by atoms with Crippen LogP contribution in [0.3, 0.4) is 0 Å². The van der Waals surface area contributed by atoms with Crippen LogP contribution in [0.1, 0.15) is 18.4 Å². The summed E-state index contributed by atoms with van der Waals surface area (Å²) in [5.74, 6) is 0.345. The third-order valence-electron chi connectivity index (χ3n) is 4.17. The number of hydrogen-bond acceptors (Lipinski definition) is 4. The van der Waals surface area contributed by atoms with Gasteiger partial charge in [-0.15, -0.1) is 0 Å². The van der Waals surface area contributed by atoms with E-state index < -0.39 is 10.2 Å². The van der Waals surface area contributed by atoms with Crippen molar-refractivity contribution < 1.29 is 17.9 Å². The van der Waals surface area contributed by atoms with Crippen LogP contribution in [0.15, 0.2) is 24.3 Å². The first-order chi connectivity index (χ1) is 11.3. The first-order valence-electron chi connectivity index (χ1n) is 7.93. The van der Waals surface area contributed by atoms with Crippen LogP contribution in [0.2, 0.25) is 0 Å². The van der Waals surface area contributed by atoms with E-state index in [-0.39, 0.29) is 18.4 Å². The summed E-state index contributed by atoms with van der Waals surface area (Å²) in [5.41, 5.74) is 0.970. The number of nitrogens with one attached hydrogen (secondary N) is 1. The lowest BCUT2D eigenvalue weighted by Crippen LogP contribution is -2.48. The minimum atomic E-state index is -3.47. The zero-order valence-electron chi connectivity index (χ0n) is 14.4. The number of ether oxygens (including phenoxy) is 1. The zero-order chi connectivity index (χ0) is 17.7. The molecule has 24 heavy (non-hydrogen) atoms. The number of carbonyl (C=O) groups is 1. The third kappa shape index (κ3) is 4.46. The Balaban J connectivity index is 1.92. The van der Waals surface area contributed by atoms with Gasteiger partial charge in [-0.25, -0.2) is 0 Å². The molecule has 0 aliphatic carbocycles. The number of carbonyl (C=O) groups excluding carboxylic acids is 1. The van der Waals surface area contributed by atoms with Gasteiger partial charge in [-0.3, -0.25) is 4.79 Å². The Labute approximate surface area is 143 Å². The maximum Gasteiger partial charge on any atom is 0.281 e. The summed E-state index contributed by atoms with van der Waals surface area (Å²) in [5, 5.41) is 2.89. The van der Waals surface area contributed by atoms with E-state index >= 15 is 0 Å². The Bertz CT molecular complexity index is 658. The van der Waals surface area contributed by atoms with Gasteiger partial charge in [0.1, 0.15) is 5.75 Å². The summed E-state index contributed by atoms with van der Waals surface area (Å²) in [4.78, 5) is 12.4. The SMILES string of the molecule is COc1ccc(CNC(=O)[C@H]2CCCN(S(=O)(=O)N(C)C)C2)cc1. The normalized spacial score (nSPS) is 19.2. The molecule has 0 bridgehead atoms. The van der Waals surface area contributed by atoms with Gasteiger partial charge in [-0.2, -0.15) is 17.0 Å². The van der Waals surface area contributed by atoms with Crippen molar-refractivity contribution in [2.45, 2.75) is 19.4 Å². The number of amides is 1. The van der Waals surface area contributed by atoms with Crippen LogP contribution in [-0.2, 0) is 21.5 Å². The molecule has 0 unspecified atom stereocenters. The molecule has 2 rings (SSSR count). The number of methoxy groups -OCH3 is 1. The van der Waals surface area contributed by atoms with Crippen molar-refractivity contribution in [3.8, 4) is 5.75 Å². The predicted molar refractivity (Wildman–Crippen MR) is 91.7 cm³/mol. The lowest BCUT2D eigenvalue weighted by Gasteiger charge is -2.32. The third-order valence-corrected chi connectivity index (χ3v) is 6.08. The number of piperidine rings is 1. The standard InChI is InChI=1S/C16H25N3O4S/c1-18(2)24(21,22)19-10-4-5-14(12-19)16(20)17-11-13-6-8-15(23-3)9-7-13/h6-9,14H,4-5,10-12H2,1-3H3,(H,17,20)/t14-/m0/s1. The highest BCUT2D eigenvalue weighted by molar-refractivity contribution is 7.86. The number of nitrogens with zero attached hydrogens (tertiary/aromatic N) is 2. The molecular formula is C16H25N3O4S. The summed E-state index contributed by atoms with van der Waals surface area (Å²) < 4.78 is 32.1. The van der Waals surface area contributed by atoms with Crippen molar-refractivity contribution in [1.29, 1.82) is 0 Å². The molecule has 0 aromatic heterocycles. The van der Waals surface area contributed by atoms with Gasteiger partial charge in [0.05, 0.1) is 13.0 Å². The van der Waals surface area contributed by atoms with Gasteiger partial charge in [-0.1, -0.05) is 12.1 Å². The number of benzene rings is 1. The van der Waals surface area contributed by atoms with Crippen LogP contribution in [0.4, 0.5) is 0 Å². The molecule has 1 amide bonds. The highest BCUT2D eigenvalue weighted by Gasteiger charge is 2.33. The Morgan fingerprint density at radius 1 is 1.33 bits per heavy atom. The Kier molecular flexibility index (Phi) is 6.20. The first kappa shape index (κ1) is 18.7. The van der Waals surface area contributed by atoms with Crippen LogP contribution in [0, 0.1) is 5.92 Å². The summed E-state index contributed by atoms with van der Waals surface area (Å²) in [6.07, 6.45) is 1.39. The van der Waals surface area contributed by atoms with Crippen LogP contribution >= 0.6 is 0 Å². The zero-order valence-corrected chi connectivity index (χ0v) is 15.2. The Hall–Kier alpha value is -1.64. The van der Waals surface area contributed by atoms with Crippen LogP contribution in [0.25, 0.3) is 0 Å². The molecule has 0 saturated carbocycles. The fourth-order valence-corrected chi connectivity index (χ4v) is 3.86. The summed E-state index contributed by atoms with van der Waals surface area (Å²) in [6, 6.07) is 7.46. The molecule has 1 N–H and O–H groups in total. The second-order valence-electron chi connectivity index (χ2n) is 6.05. The molecule has 8 heteroatoms. The summed E-state index contributed by atoms with van der Waals surface area (Å²) in [6.45, 7) is 1.11. The molecule has 1 aromatic carbocycles. The topological polar surface area (TPSA) is 79.0 Å². The average molecular weight is 355 g/mol. The molecule has 1 fully saturated rings. The Morgan fingerprint density at radius 3 is 2.58 bits per heavy atom. The largest absolute Gasteiger partial charge is 0.497 e. The molecule has 7 nitrogen and oxygen atoms in total. The second-order valence-corrected chi connectivity index (χ2v) is 8.20. The van der Waals surface area contributed by atoms with Gasteiger partial charge in [0.25, 0.3) is 10.2 Å². The van der Waals surface area contributed by atoms with E-state index in [2.05, 4.69) is 5.32 Å². The Morgan fingerprint density at radius 2 is 2.00 bits per heavy atom. The van der Waals surface area contributed by atoms with Crippen molar-refractivity contribution in [3.05, 3.63) is 29.8 Å². The minimum absolute atomic E-state index is 0.107. The predicted octanol–water partition coefficient (Wildman–Crippen LogP) is 0.830. The van der Waals surface area contributed by atoms with Crippen molar-refractivity contribution in [2.24, 2.45) is 5.92 Å². The minimum Gasteiger partial charge on any atom is -0.497 e. The summed E-state index contributed by atoms with van der Waals surface area (Å²) >= 11 is 0. The van der Waals surface area contributed by atoms with E-state index in [1.807, 2.05) is 24.3 Å².